The van der Waals surface area contributed by atoms with Gasteiger partial charge in [0, 0.05) is 22.7 Å². The van der Waals surface area contributed by atoms with Crippen LogP contribution in [0.15, 0.2) is 54.6 Å². The lowest BCUT2D eigenvalue weighted by Gasteiger charge is -2.19. The Balaban J connectivity index is 1.99. The van der Waals surface area contributed by atoms with Crippen LogP contribution >= 0.6 is 11.6 Å². The van der Waals surface area contributed by atoms with E-state index in [0.29, 0.717) is 28.5 Å². The largest absolute Gasteiger partial charge is 0.479 e. The van der Waals surface area contributed by atoms with Crippen molar-refractivity contribution in [2.45, 2.75) is 32.6 Å². The number of hydrogen-bond acceptors (Lipinski definition) is 5. The number of nitro groups is 1. The molecule has 0 saturated carbocycles. The number of ether oxygens (including phenoxy) is 1. The van der Waals surface area contributed by atoms with Crippen LogP contribution < -0.4 is 0 Å². The number of rotatable bonds is 8. The predicted octanol–water partition coefficient (Wildman–Crippen LogP) is 4.54. The molecule has 1 heterocycles. The van der Waals surface area contributed by atoms with Crippen LogP contribution in [0.2, 0.25) is 5.02 Å². The SMILES string of the molecule is CC(C)(OCc1cc(-c2cccc([N+](=O)[O-])c2)n(Cc2ccccc2Cl)n1)C(=O)O. The first-order valence-corrected chi connectivity index (χ1v) is 9.47. The summed E-state index contributed by atoms with van der Waals surface area (Å²) in [4.78, 5) is 22.0. The van der Waals surface area contributed by atoms with E-state index in [1.54, 1.807) is 28.9 Å². The Hall–Kier alpha value is -3.23. The monoisotopic (exact) mass is 429 g/mol. The second-order valence-electron chi connectivity index (χ2n) is 7.18. The number of hydrogen-bond donors (Lipinski definition) is 1. The quantitative estimate of drug-likeness (QED) is 0.416. The van der Waals surface area contributed by atoms with E-state index in [-0.39, 0.29) is 12.3 Å². The molecule has 0 atom stereocenters. The van der Waals surface area contributed by atoms with E-state index in [0.717, 1.165) is 5.56 Å². The minimum absolute atomic E-state index is 0.0310. The van der Waals surface area contributed by atoms with Crippen LogP contribution in [0.4, 0.5) is 5.69 Å². The average molecular weight is 430 g/mol. The van der Waals surface area contributed by atoms with Gasteiger partial charge < -0.3 is 9.84 Å². The Morgan fingerprint density at radius 3 is 2.63 bits per heavy atom. The molecule has 9 heteroatoms. The highest BCUT2D eigenvalue weighted by atomic mass is 35.5. The number of nitrogens with zero attached hydrogens (tertiary/aromatic N) is 3. The first kappa shape index (κ1) is 21.5. The molecule has 0 aliphatic carbocycles. The summed E-state index contributed by atoms with van der Waals surface area (Å²) in [6.07, 6.45) is 0. The summed E-state index contributed by atoms with van der Waals surface area (Å²) in [5.41, 5.74) is 1.14. The van der Waals surface area contributed by atoms with Gasteiger partial charge in [0.1, 0.15) is 0 Å². The Kier molecular flexibility index (Phi) is 6.19. The zero-order valence-electron chi connectivity index (χ0n) is 16.4. The second-order valence-corrected chi connectivity index (χ2v) is 7.59. The Morgan fingerprint density at radius 2 is 1.97 bits per heavy atom. The lowest BCUT2D eigenvalue weighted by atomic mass is 10.1. The van der Waals surface area contributed by atoms with Crippen molar-refractivity contribution < 1.29 is 19.6 Å². The van der Waals surface area contributed by atoms with E-state index >= 15 is 0 Å². The zero-order chi connectivity index (χ0) is 21.9. The van der Waals surface area contributed by atoms with E-state index in [1.807, 2.05) is 18.2 Å². The van der Waals surface area contributed by atoms with E-state index in [2.05, 4.69) is 5.10 Å². The molecule has 3 rings (SSSR count). The van der Waals surface area contributed by atoms with Crippen molar-refractivity contribution in [3.05, 3.63) is 81.0 Å². The molecule has 1 N–H and O–H groups in total. The maximum Gasteiger partial charge on any atom is 0.335 e. The molecule has 0 unspecified atom stereocenters. The summed E-state index contributed by atoms with van der Waals surface area (Å²) in [6, 6.07) is 15.3. The molecule has 0 amide bonds. The lowest BCUT2D eigenvalue weighted by molar-refractivity contribution is -0.384. The minimum atomic E-state index is -1.38. The molecule has 156 valence electrons. The molecule has 0 aliphatic rings. The summed E-state index contributed by atoms with van der Waals surface area (Å²) >= 11 is 6.28. The standard InChI is InChI=1S/C21H20ClN3O5/c1-21(2,20(26)27)30-13-16-11-19(14-7-5-8-17(10-14)25(28)29)24(23-16)12-15-6-3-4-9-18(15)22/h3-11H,12-13H2,1-2H3,(H,26,27). The minimum Gasteiger partial charge on any atom is -0.479 e. The van der Waals surface area contributed by atoms with Crippen LogP contribution in [0.25, 0.3) is 11.3 Å². The van der Waals surface area contributed by atoms with Crippen LogP contribution in [0.3, 0.4) is 0 Å². The highest BCUT2D eigenvalue weighted by molar-refractivity contribution is 6.31. The van der Waals surface area contributed by atoms with E-state index in [1.165, 1.54) is 26.0 Å². The van der Waals surface area contributed by atoms with Gasteiger partial charge in [-0.2, -0.15) is 5.10 Å². The van der Waals surface area contributed by atoms with E-state index in [9.17, 15) is 20.0 Å². The van der Waals surface area contributed by atoms with Crippen LogP contribution in [-0.2, 0) is 22.7 Å². The van der Waals surface area contributed by atoms with Crippen molar-refractivity contribution in [1.82, 2.24) is 9.78 Å². The van der Waals surface area contributed by atoms with Crippen molar-refractivity contribution in [2.75, 3.05) is 0 Å². The summed E-state index contributed by atoms with van der Waals surface area (Å²) in [6.45, 7) is 3.21. The molecule has 3 aromatic rings. The summed E-state index contributed by atoms with van der Waals surface area (Å²) < 4.78 is 7.18. The Bertz CT molecular complexity index is 1090. The Labute approximate surface area is 177 Å². The maximum absolute atomic E-state index is 11.3. The van der Waals surface area contributed by atoms with Crippen molar-refractivity contribution >= 4 is 23.3 Å². The molecule has 30 heavy (non-hydrogen) atoms. The molecule has 2 aromatic carbocycles. The number of aliphatic carboxylic acids is 1. The number of carboxylic acid groups (broad SMARTS) is 1. The van der Waals surface area contributed by atoms with Crippen molar-refractivity contribution in [1.29, 1.82) is 0 Å². The van der Waals surface area contributed by atoms with Crippen LogP contribution in [-0.4, -0.2) is 31.4 Å². The number of carboxylic acids is 1. The smallest absolute Gasteiger partial charge is 0.335 e. The van der Waals surface area contributed by atoms with Gasteiger partial charge in [-0.3, -0.25) is 14.8 Å². The maximum atomic E-state index is 11.3. The fourth-order valence-electron chi connectivity index (χ4n) is 2.78. The Morgan fingerprint density at radius 1 is 1.23 bits per heavy atom. The molecular weight excluding hydrogens is 410 g/mol. The van der Waals surface area contributed by atoms with Gasteiger partial charge in [-0.25, -0.2) is 4.79 Å². The molecule has 0 radical (unpaired) electrons. The highest BCUT2D eigenvalue weighted by Crippen LogP contribution is 2.27. The average Bonchev–Trinajstić information content (AvgIpc) is 3.11. The second kappa shape index (κ2) is 8.64. The molecule has 8 nitrogen and oxygen atoms in total. The normalized spacial score (nSPS) is 11.4. The van der Waals surface area contributed by atoms with Gasteiger partial charge in [0.05, 0.1) is 29.5 Å². The van der Waals surface area contributed by atoms with Gasteiger partial charge in [0.2, 0.25) is 0 Å². The molecular formula is C21H20ClN3O5. The van der Waals surface area contributed by atoms with Crippen molar-refractivity contribution in [2.24, 2.45) is 0 Å². The fourth-order valence-corrected chi connectivity index (χ4v) is 2.97. The zero-order valence-corrected chi connectivity index (χ0v) is 17.2. The van der Waals surface area contributed by atoms with Crippen LogP contribution in [0.1, 0.15) is 25.1 Å². The topological polar surface area (TPSA) is 107 Å². The van der Waals surface area contributed by atoms with Crippen molar-refractivity contribution in [3.63, 3.8) is 0 Å². The summed E-state index contributed by atoms with van der Waals surface area (Å²) in [7, 11) is 0. The third-order valence-corrected chi connectivity index (χ3v) is 4.93. The number of benzene rings is 2. The molecule has 0 saturated heterocycles. The number of non-ortho nitro benzene ring substituents is 1. The van der Waals surface area contributed by atoms with Gasteiger partial charge in [-0.1, -0.05) is 41.9 Å². The first-order chi connectivity index (χ1) is 14.2. The van der Waals surface area contributed by atoms with Gasteiger partial charge in [0.15, 0.2) is 5.60 Å². The third-order valence-electron chi connectivity index (χ3n) is 4.56. The van der Waals surface area contributed by atoms with E-state index in [4.69, 9.17) is 16.3 Å². The molecule has 0 spiro atoms. The van der Waals surface area contributed by atoms with E-state index < -0.39 is 16.5 Å². The highest BCUT2D eigenvalue weighted by Gasteiger charge is 2.28. The van der Waals surface area contributed by atoms with Gasteiger partial charge in [0.25, 0.3) is 5.69 Å². The molecule has 0 aliphatic heterocycles. The number of halogens is 1. The lowest BCUT2D eigenvalue weighted by Crippen LogP contribution is -2.34. The molecule has 1 aromatic heterocycles. The number of carbonyl (C=O) groups is 1. The van der Waals surface area contributed by atoms with Crippen molar-refractivity contribution in [3.8, 4) is 11.3 Å². The molecule has 0 fully saturated rings. The first-order valence-electron chi connectivity index (χ1n) is 9.09. The number of aromatic nitrogens is 2. The molecule has 0 bridgehead atoms. The third kappa shape index (κ3) is 4.84. The van der Waals surface area contributed by atoms with Crippen LogP contribution in [0.5, 0.6) is 0 Å². The van der Waals surface area contributed by atoms with Gasteiger partial charge in [-0.05, 0) is 31.5 Å². The summed E-state index contributed by atoms with van der Waals surface area (Å²) in [5.74, 6) is -1.09. The summed E-state index contributed by atoms with van der Waals surface area (Å²) in [5, 5.41) is 25.5. The van der Waals surface area contributed by atoms with Crippen LogP contribution in [0, 0.1) is 10.1 Å². The number of nitro benzene ring substituents is 1. The fraction of sp³-hybridized carbons (Fsp3) is 0.238. The van der Waals surface area contributed by atoms with Gasteiger partial charge in [-0.15, -0.1) is 0 Å². The predicted molar refractivity (Wildman–Crippen MR) is 111 cm³/mol. The van der Waals surface area contributed by atoms with Gasteiger partial charge >= 0.3 is 5.97 Å².